The molecule has 0 bridgehead atoms. The number of aryl methyl sites for hydroxylation is 1. The van der Waals surface area contributed by atoms with E-state index in [9.17, 15) is 5.26 Å². The number of fused-ring (bicyclic) bond motifs is 6. The highest BCUT2D eigenvalue weighted by molar-refractivity contribution is 6.13. The summed E-state index contributed by atoms with van der Waals surface area (Å²) < 4.78 is 4.51. The first-order chi connectivity index (χ1) is 14.3. The minimum atomic E-state index is 0.712. The van der Waals surface area contributed by atoms with Crippen molar-refractivity contribution >= 4 is 43.6 Å². The van der Waals surface area contributed by atoms with Crippen molar-refractivity contribution in [1.29, 1.82) is 5.26 Å². The molecule has 0 saturated carbocycles. The molecule has 0 amide bonds. The third kappa shape index (κ3) is 2.06. The van der Waals surface area contributed by atoms with Gasteiger partial charge >= 0.3 is 0 Å². The molecule has 3 heteroatoms. The van der Waals surface area contributed by atoms with E-state index in [0.29, 0.717) is 5.56 Å². The van der Waals surface area contributed by atoms with Crippen LogP contribution >= 0.6 is 0 Å². The van der Waals surface area contributed by atoms with Gasteiger partial charge in [0.2, 0.25) is 0 Å². The molecule has 0 aliphatic carbocycles. The molecule has 0 aliphatic rings. The molecular formula is C26H17N3. The van der Waals surface area contributed by atoms with Crippen molar-refractivity contribution in [1.82, 2.24) is 9.13 Å². The highest BCUT2D eigenvalue weighted by Gasteiger charge is 2.16. The molecule has 0 saturated heterocycles. The van der Waals surface area contributed by atoms with Gasteiger partial charge in [0.25, 0.3) is 0 Å². The van der Waals surface area contributed by atoms with E-state index in [1.807, 2.05) is 18.2 Å². The summed E-state index contributed by atoms with van der Waals surface area (Å²) in [5, 5.41) is 14.3. The van der Waals surface area contributed by atoms with Crippen LogP contribution in [0.25, 0.3) is 49.3 Å². The maximum atomic E-state index is 9.68. The summed E-state index contributed by atoms with van der Waals surface area (Å²) >= 11 is 0. The van der Waals surface area contributed by atoms with E-state index in [-0.39, 0.29) is 0 Å². The molecule has 0 unspecified atom stereocenters. The smallest absolute Gasteiger partial charge is 0.0998 e. The van der Waals surface area contributed by atoms with Gasteiger partial charge < -0.3 is 9.13 Å². The highest BCUT2D eigenvalue weighted by Crippen LogP contribution is 2.36. The monoisotopic (exact) mass is 371 g/mol. The molecule has 0 spiro atoms. The van der Waals surface area contributed by atoms with E-state index in [2.05, 4.69) is 89.0 Å². The second-order valence-corrected chi connectivity index (χ2v) is 7.44. The number of aromatic nitrogens is 2. The lowest BCUT2D eigenvalue weighted by molar-refractivity contribution is 1.01. The maximum absolute atomic E-state index is 9.68. The van der Waals surface area contributed by atoms with Gasteiger partial charge in [0.1, 0.15) is 0 Å². The van der Waals surface area contributed by atoms with E-state index < -0.39 is 0 Å². The fourth-order valence-corrected chi connectivity index (χ4v) is 4.69. The third-order valence-corrected chi connectivity index (χ3v) is 5.97. The Kier molecular flexibility index (Phi) is 3.16. The number of rotatable bonds is 1. The Balaban J connectivity index is 1.78. The fourth-order valence-electron chi connectivity index (χ4n) is 4.69. The average Bonchev–Trinajstić information content (AvgIpc) is 3.26. The number of benzene rings is 4. The number of nitriles is 1. The fraction of sp³-hybridized carbons (Fsp3) is 0.0385. The van der Waals surface area contributed by atoms with Gasteiger partial charge in [0.05, 0.1) is 22.7 Å². The lowest BCUT2D eigenvalue weighted by atomic mass is 10.1. The van der Waals surface area contributed by atoms with Gasteiger partial charge in [-0.2, -0.15) is 5.26 Å². The van der Waals surface area contributed by atoms with Gasteiger partial charge in [-0.15, -0.1) is 0 Å². The third-order valence-electron chi connectivity index (χ3n) is 5.97. The molecule has 6 aromatic rings. The van der Waals surface area contributed by atoms with Crippen LogP contribution in [0.4, 0.5) is 0 Å². The second kappa shape index (κ2) is 5.73. The molecule has 6 rings (SSSR count). The van der Waals surface area contributed by atoms with Crippen LogP contribution in [0.5, 0.6) is 0 Å². The molecule has 0 atom stereocenters. The predicted molar refractivity (Wildman–Crippen MR) is 119 cm³/mol. The second-order valence-electron chi connectivity index (χ2n) is 7.44. The van der Waals surface area contributed by atoms with E-state index in [4.69, 9.17) is 0 Å². The zero-order chi connectivity index (χ0) is 19.5. The summed E-state index contributed by atoms with van der Waals surface area (Å²) in [7, 11) is 2.12. The summed E-state index contributed by atoms with van der Waals surface area (Å²) in [5.41, 5.74) is 6.44. The number of hydrogen-bond acceptors (Lipinski definition) is 1. The van der Waals surface area contributed by atoms with Crippen molar-refractivity contribution in [2.75, 3.05) is 0 Å². The molecule has 2 aromatic heterocycles. The Morgan fingerprint density at radius 2 is 1.34 bits per heavy atom. The summed E-state index contributed by atoms with van der Waals surface area (Å²) in [6.07, 6.45) is 0. The number of nitrogens with zero attached hydrogens (tertiary/aromatic N) is 3. The van der Waals surface area contributed by atoms with Gasteiger partial charge in [-0.25, -0.2) is 0 Å². The minimum Gasteiger partial charge on any atom is -0.344 e. The quantitative estimate of drug-likeness (QED) is 0.334. The SMILES string of the molecule is Cn1c2ccccc2c2cc(-n3c4ccccc4c4c(C#N)cccc43)ccc21. The van der Waals surface area contributed by atoms with Crippen molar-refractivity contribution < 1.29 is 0 Å². The van der Waals surface area contributed by atoms with Crippen LogP contribution < -0.4 is 0 Å². The Labute approximate surface area is 167 Å². The maximum Gasteiger partial charge on any atom is 0.0998 e. The molecule has 4 aromatic carbocycles. The van der Waals surface area contributed by atoms with Gasteiger partial charge in [-0.3, -0.25) is 0 Å². The summed E-state index contributed by atoms with van der Waals surface area (Å²) in [6, 6.07) is 31.8. The van der Waals surface area contributed by atoms with Crippen molar-refractivity contribution in [3.8, 4) is 11.8 Å². The van der Waals surface area contributed by atoms with Crippen LogP contribution in [-0.2, 0) is 7.05 Å². The lowest BCUT2D eigenvalue weighted by Crippen LogP contribution is -1.94. The first-order valence-corrected chi connectivity index (χ1v) is 9.68. The largest absolute Gasteiger partial charge is 0.344 e. The number of para-hydroxylation sites is 2. The Hall–Kier alpha value is -4.03. The summed E-state index contributed by atoms with van der Waals surface area (Å²) in [5.74, 6) is 0. The molecular weight excluding hydrogens is 354 g/mol. The van der Waals surface area contributed by atoms with Gasteiger partial charge in [0.15, 0.2) is 0 Å². The number of hydrogen-bond donors (Lipinski definition) is 0. The minimum absolute atomic E-state index is 0.712. The summed E-state index contributed by atoms with van der Waals surface area (Å²) in [6.45, 7) is 0. The van der Waals surface area contributed by atoms with Gasteiger partial charge in [0, 0.05) is 45.3 Å². The van der Waals surface area contributed by atoms with Crippen LogP contribution in [0.2, 0.25) is 0 Å². The van der Waals surface area contributed by atoms with Crippen molar-refractivity contribution in [2.45, 2.75) is 0 Å². The Morgan fingerprint density at radius 3 is 2.17 bits per heavy atom. The van der Waals surface area contributed by atoms with Crippen molar-refractivity contribution in [3.05, 3.63) is 90.5 Å². The Bertz CT molecular complexity index is 1620. The zero-order valence-corrected chi connectivity index (χ0v) is 15.9. The van der Waals surface area contributed by atoms with Crippen molar-refractivity contribution in [2.24, 2.45) is 7.05 Å². The van der Waals surface area contributed by atoms with Crippen LogP contribution in [0.3, 0.4) is 0 Å². The standard InChI is InChI=1S/C26H17N3/c1-28-22-10-4-2-8-19(22)21-15-18(13-14-23(21)28)29-24-11-5-3-9-20(24)26-17(16-27)7-6-12-25(26)29/h2-15H,1H3. The Morgan fingerprint density at radius 1 is 0.655 bits per heavy atom. The molecule has 0 aliphatic heterocycles. The molecule has 0 fully saturated rings. The predicted octanol–water partition coefficient (Wildman–Crippen LogP) is 6.30. The van der Waals surface area contributed by atoms with Crippen LogP contribution in [-0.4, -0.2) is 9.13 Å². The zero-order valence-electron chi connectivity index (χ0n) is 15.9. The first-order valence-electron chi connectivity index (χ1n) is 9.68. The first kappa shape index (κ1) is 16.0. The molecule has 2 heterocycles. The lowest BCUT2D eigenvalue weighted by Gasteiger charge is -2.09. The molecule has 0 N–H and O–H groups in total. The van der Waals surface area contributed by atoms with Gasteiger partial charge in [-0.1, -0.05) is 42.5 Å². The van der Waals surface area contributed by atoms with E-state index in [0.717, 1.165) is 27.5 Å². The van der Waals surface area contributed by atoms with E-state index in [1.54, 1.807) is 0 Å². The molecule has 136 valence electrons. The summed E-state index contributed by atoms with van der Waals surface area (Å²) in [4.78, 5) is 0. The van der Waals surface area contributed by atoms with E-state index in [1.165, 1.54) is 21.8 Å². The molecule has 3 nitrogen and oxygen atoms in total. The molecule has 0 radical (unpaired) electrons. The van der Waals surface area contributed by atoms with E-state index >= 15 is 0 Å². The highest BCUT2D eigenvalue weighted by atomic mass is 15.0. The topological polar surface area (TPSA) is 33.6 Å². The van der Waals surface area contributed by atoms with Gasteiger partial charge in [-0.05, 0) is 42.5 Å². The average molecular weight is 371 g/mol. The van der Waals surface area contributed by atoms with Crippen molar-refractivity contribution in [3.63, 3.8) is 0 Å². The van der Waals surface area contributed by atoms with Crippen LogP contribution in [0.1, 0.15) is 5.56 Å². The normalized spacial score (nSPS) is 11.6. The van der Waals surface area contributed by atoms with Crippen LogP contribution in [0.15, 0.2) is 84.9 Å². The van der Waals surface area contributed by atoms with Crippen LogP contribution in [0, 0.1) is 11.3 Å². The molecule has 29 heavy (non-hydrogen) atoms.